The molecule has 0 radical (unpaired) electrons. The normalized spacial score (nSPS) is 16.9. The molecule has 1 heterocycles. The van der Waals surface area contributed by atoms with Crippen LogP contribution in [0, 0.1) is 5.92 Å². The molecule has 27 heavy (non-hydrogen) atoms. The fraction of sp³-hybridized carbons (Fsp3) is 0.579. The fourth-order valence-electron chi connectivity index (χ4n) is 3.26. The lowest BCUT2D eigenvalue weighted by atomic mass is 10.1. The molecule has 1 aromatic rings. The number of carbonyl (C=O) groups is 2. The van der Waals surface area contributed by atoms with Crippen LogP contribution in [0.15, 0.2) is 12.1 Å². The number of nitrogens with zero attached hydrogens (tertiary/aromatic N) is 1. The van der Waals surface area contributed by atoms with Crippen molar-refractivity contribution in [2.24, 2.45) is 5.92 Å². The van der Waals surface area contributed by atoms with Crippen molar-refractivity contribution in [2.45, 2.75) is 26.2 Å². The number of amides is 2. The molecule has 1 saturated heterocycles. The maximum Gasteiger partial charge on any atom is 0.255 e. The minimum Gasteiger partial charge on any atom is -0.496 e. The molecule has 2 rings (SSSR count). The molecular weight excluding hydrogens is 368 g/mol. The Morgan fingerprint density at radius 3 is 2.81 bits per heavy atom. The van der Waals surface area contributed by atoms with E-state index in [0.29, 0.717) is 34.5 Å². The summed E-state index contributed by atoms with van der Waals surface area (Å²) >= 11 is 6.03. The minimum atomic E-state index is -0.206. The van der Waals surface area contributed by atoms with Crippen molar-refractivity contribution in [1.29, 1.82) is 0 Å². The predicted octanol–water partition coefficient (Wildman–Crippen LogP) is 1.90. The first-order valence-corrected chi connectivity index (χ1v) is 9.66. The highest BCUT2D eigenvalue weighted by Gasteiger charge is 2.23. The number of benzene rings is 1. The van der Waals surface area contributed by atoms with Gasteiger partial charge in [-0.25, -0.2) is 0 Å². The summed E-state index contributed by atoms with van der Waals surface area (Å²) in [5.74, 6) is 0.662. The zero-order valence-electron chi connectivity index (χ0n) is 16.0. The number of rotatable bonds is 9. The van der Waals surface area contributed by atoms with Crippen LogP contribution in [-0.2, 0) is 4.79 Å². The van der Waals surface area contributed by atoms with E-state index in [2.05, 4.69) is 15.5 Å². The third-order valence-electron chi connectivity index (χ3n) is 4.76. The molecule has 1 unspecified atom stereocenters. The van der Waals surface area contributed by atoms with Crippen LogP contribution in [0.2, 0.25) is 5.02 Å². The molecule has 1 aliphatic heterocycles. The van der Waals surface area contributed by atoms with Crippen molar-refractivity contribution in [2.75, 3.05) is 45.6 Å². The Labute approximate surface area is 165 Å². The topological polar surface area (TPSA) is 96.7 Å². The first-order chi connectivity index (χ1) is 12.9. The maximum atomic E-state index is 12.5. The minimum absolute atomic E-state index is 0.0194. The van der Waals surface area contributed by atoms with Gasteiger partial charge in [0.1, 0.15) is 5.75 Å². The highest BCUT2D eigenvalue weighted by molar-refractivity contribution is 6.33. The molecular formula is C19H29ClN4O3. The third-order valence-corrected chi connectivity index (χ3v) is 5.09. The first kappa shape index (κ1) is 21.3. The zero-order valence-corrected chi connectivity index (χ0v) is 16.8. The molecule has 1 fully saturated rings. The van der Waals surface area contributed by atoms with E-state index < -0.39 is 0 Å². The Hall–Kier alpha value is -1.99. The highest BCUT2D eigenvalue weighted by Crippen LogP contribution is 2.28. The molecule has 1 aromatic carbocycles. The lowest BCUT2D eigenvalue weighted by Crippen LogP contribution is -2.31. The first-order valence-electron chi connectivity index (χ1n) is 9.28. The second-order valence-corrected chi connectivity index (χ2v) is 7.34. The number of ether oxygens (including phenoxy) is 1. The van der Waals surface area contributed by atoms with Crippen LogP contribution in [0.5, 0.6) is 5.75 Å². The summed E-state index contributed by atoms with van der Waals surface area (Å²) in [6, 6.07) is 3.11. The second kappa shape index (κ2) is 10.4. The van der Waals surface area contributed by atoms with Crippen LogP contribution < -0.4 is 21.1 Å². The number of hydrogen-bond acceptors (Lipinski definition) is 5. The van der Waals surface area contributed by atoms with Gasteiger partial charge in [-0.15, -0.1) is 0 Å². The van der Waals surface area contributed by atoms with Crippen LogP contribution in [0.4, 0.5) is 5.69 Å². The van der Waals surface area contributed by atoms with Gasteiger partial charge in [0.2, 0.25) is 5.91 Å². The van der Waals surface area contributed by atoms with E-state index in [4.69, 9.17) is 22.1 Å². The second-order valence-electron chi connectivity index (χ2n) is 6.93. The van der Waals surface area contributed by atoms with Gasteiger partial charge in [-0.2, -0.15) is 0 Å². The quantitative estimate of drug-likeness (QED) is 0.437. The Balaban J connectivity index is 1.74. The van der Waals surface area contributed by atoms with Gasteiger partial charge in [0.15, 0.2) is 0 Å². The molecule has 2 amide bonds. The van der Waals surface area contributed by atoms with Gasteiger partial charge in [-0.3, -0.25) is 9.59 Å². The molecule has 1 atom stereocenters. The monoisotopic (exact) mass is 396 g/mol. The van der Waals surface area contributed by atoms with Gasteiger partial charge in [0, 0.05) is 32.6 Å². The van der Waals surface area contributed by atoms with Crippen molar-refractivity contribution < 1.29 is 14.3 Å². The van der Waals surface area contributed by atoms with Gasteiger partial charge < -0.3 is 26.0 Å². The fourth-order valence-corrected chi connectivity index (χ4v) is 3.42. The molecule has 150 valence electrons. The number of anilines is 1. The lowest BCUT2D eigenvalue weighted by Gasteiger charge is -2.17. The van der Waals surface area contributed by atoms with Crippen LogP contribution in [0.25, 0.3) is 0 Å². The molecule has 0 spiro atoms. The zero-order chi connectivity index (χ0) is 19.8. The maximum absolute atomic E-state index is 12.5. The van der Waals surface area contributed by atoms with E-state index >= 15 is 0 Å². The molecule has 0 saturated carbocycles. The van der Waals surface area contributed by atoms with E-state index in [1.807, 2.05) is 0 Å². The van der Waals surface area contributed by atoms with Crippen molar-refractivity contribution in [3.05, 3.63) is 22.7 Å². The average molecular weight is 397 g/mol. The van der Waals surface area contributed by atoms with Gasteiger partial charge in [-0.1, -0.05) is 11.6 Å². The number of nitrogen functional groups attached to an aromatic ring is 1. The Morgan fingerprint density at radius 1 is 1.33 bits per heavy atom. The summed E-state index contributed by atoms with van der Waals surface area (Å²) in [6.45, 7) is 5.91. The summed E-state index contributed by atoms with van der Waals surface area (Å²) in [5.41, 5.74) is 6.54. The summed E-state index contributed by atoms with van der Waals surface area (Å²) in [4.78, 5) is 25.7. The average Bonchev–Trinajstić information content (AvgIpc) is 3.08. The molecule has 4 N–H and O–H groups in total. The third kappa shape index (κ3) is 6.59. The summed E-state index contributed by atoms with van der Waals surface area (Å²) in [7, 11) is 1.50. The molecule has 0 aromatic heterocycles. The molecule has 7 nitrogen and oxygen atoms in total. The number of halogens is 1. The van der Waals surface area contributed by atoms with Gasteiger partial charge in [0.05, 0.1) is 23.4 Å². The SMILES string of the molecule is COc1cc(N)c(Cl)cc1C(=O)NCC1CCN(CCCCNC(C)=O)C1. The smallest absolute Gasteiger partial charge is 0.255 e. The standard InChI is InChI=1S/C19H29ClN4O3/c1-13(25)22-6-3-4-7-24-8-5-14(12-24)11-23-19(26)15-9-16(20)17(21)10-18(15)27-2/h9-10,14H,3-8,11-12,21H2,1-2H3,(H,22,25)(H,23,26). The number of nitrogens with one attached hydrogen (secondary N) is 2. The summed E-state index contributed by atoms with van der Waals surface area (Å²) in [5, 5.41) is 6.13. The number of nitrogens with two attached hydrogens (primary N) is 1. The molecule has 0 bridgehead atoms. The molecule has 0 aliphatic carbocycles. The van der Waals surface area contributed by atoms with E-state index in [9.17, 15) is 9.59 Å². The van der Waals surface area contributed by atoms with Crippen LogP contribution in [0.3, 0.4) is 0 Å². The van der Waals surface area contributed by atoms with Crippen LogP contribution in [0.1, 0.15) is 36.5 Å². The molecule has 8 heteroatoms. The van der Waals surface area contributed by atoms with Crippen molar-refractivity contribution in [3.8, 4) is 5.75 Å². The number of unbranched alkanes of at least 4 members (excludes halogenated alkanes) is 1. The Kier molecular flexibility index (Phi) is 8.19. The highest BCUT2D eigenvalue weighted by atomic mass is 35.5. The van der Waals surface area contributed by atoms with Crippen LogP contribution >= 0.6 is 11.6 Å². The van der Waals surface area contributed by atoms with Gasteiger partial charge in [-0.05, 0) is 44.3 Å². The van der Waals surface area contributed by atoms with E-state index in [0.717, 1.165) is 45.4 Å². The number of methoxy groups -OCH3 is 1. The van der Waals surface area contributed by atoms with E-state index in [-0.39, 0.29) is 11.8 Å². The lowest BCUT2D eigenvalue weighted by molar-refractivity contribution is -0.118. The van der Waals surface area contributed by atoms with Crippen molar-refractivity contribution >= 4 is 29.1 Å². The predicted molar refractivity (Wildman–Crippen MR) is 107 cm³/mol. The van der Waals surface area contributed by atoms with Crippen molar-refractivity contribution in [3.63, 3.8) is 0 Å². The van der Waals surface area contributed by atoms with Gasteiger partial charge >= 0.3 is 0 Å². The van der Waals surface area contributed by atoms with Gasteiger partial charge in [0.25, 0.3) is 5.91 Å². The number of likely N-dealkylation sites (tertiary alicyclic amines) is 1. The summed E-state index contributed by atoms with van der Waals surface area (Å²) < 4.78 is 5.24. The summed E-state index contributed by atoms with van der Waals surface area (Å²) in [6.07, 6.45) is 3.10. The molecule has 1 aliphatic rings. The number of hydrogen-bond donors (Lipinski definition) is 3. The van der Waals surface area contributed by atoms with E-state index in [1.54, 1.807) is 12.1 Å². The Morgan fingerprint density at radius 2 is 2.11 bits per heavy atom. The largest absolute Gasteiger partial charge is 0.496 e. The Bertz CT molecular complexity index is 669. The van der Waals surface area contributed by atoms with E-state index in [1.165, 1.54) is 14.0 Å². The van der Waals surface area contributed by atoms with Crippen molar-refractivity contribution in [1.82, 2.24) is 15.5 Å². The van der Waals surface area contributed by atoms with Crippen LogP contribution in [-0.4, -0.2) is 56.5 Å². The number of carbonyl (C=O) groups excluding carboxylic acids is 2.